The summed E-state index contributed by atoms with van der Waals surface area (Å²) in [5.74, 6) is -0.0210. The van der Waals surface area contributed by atoms with Crippen LogP contribution in [0.25, 0.3) is 0 Å². The summed E-state index contributed by atoms with van der Waals surface area (Å²) in [5, 5.41) is 17.3. The molecule has 34 heavy (non-hydrogen) atoms. The van der Waals surface area contributed by atoms with Crippen LogP contribution in [0.5, 0.6) is 0 Å². The van der Waals surface area contributed by atoms with Crippen LogP contribution in [0.2, 0.25) is 0 Å². The van der Waals surface area contributed by atoms with Gasteiger partial charge in [-0.25, -0.2) is 0 Å². The van der Waals surface area contributed by atoms with Crippen molar-refractivity contribution in [3.63, 3.8) is 0 Å². The molecule has 0 aliphatic carbocycles. The maximum Gasteiger partial charge on any atom is 0.255 e. The summed E-state index contributed by atoms with van der Waals surface area (Å²) in [4.78, 5) is 13.0. The highest BCUT2D eigenvalue weighted by molar-refractivity contribution is 6.11. The number of nitrogens with one attached hydrogen (secondary N) is 5. The summed E-state index contributed by atoms with van der Waals surface area (Å²) >= 11 is 0. The van der Waals surface area contributed by atoms with Gasteiger partial charge in [0.05, 0.1) is 17.1 Å². The highest BCUT2D eigenvalue weighted by Crippen LogP contribution is 2.31. The number of rotatable bonds is 10. The number of guanidine groups is 2. The summed E-state index contributed by atoms with van der Waals surface area (Å²) in [6.07, 6.45) is 1.79. The largest absolute Gasteiger partial charge is 0.368 e. The lowest BCUT2D eigenvalue weighted by Gasteiger charge is -2.18. The average molecular weight is 467 g/mol. The van der Waals surface area contributed by atoms with Crippen LogP contribution in [0.15, 0.2) is 46.6 Å². The molecule has 183 valence electrons. The van der Waals surface area contributed by atoms with Crippen LogP contribution in [0.3, 0.4) is 0 Å². The highest BCUT2D eigenvalue weighted by Gasteiger charge is 2.15. The smallest absolute Gasteiger partial charge is 0.255 e. The molecule has 1 amide bonds. The van der Waals surface area contributed by atoms with Crippen molar-refractivity contribution < 1.29 is 4.79 Å². The molecule has 0 spiro atoms. The number of carbonyl (C=O) groups excluding carboxylic acids is 1. The third-order valence-electron chi connectivity index (χ3n) is 5.11. The lowest BCUT2D eigenvalue weighted by Crippen LogP contribution is -2.31. The molecule has 0 saturated heterocycles. The molecule has 0 bridgehead atoms. The maximum atomic E-state index is 13.0. The first-order valence-corrected chi connectivity index (χ1v) is 11.4. The molecule has 2 aromatic rings. The SMILES string of the molecule is CCC(C)NN=C(N)Nc1c[c]cc(NC(N)=NNC(C)CC)c1NC(=O)c1ccc(C)cc1. The van der Waals surface area contributed by atoms with Crippen molar-refractivity contribution in [1.82, 2.24) is 10.9 Å². The number of amides is 1. The van der Waals surface area contributed by atoms with Crippen molar-refractivity contribution in [1.29, 1.82) is 0 Å². The third-order valence-corrected chi connectivity index (χ3v) is 5.11. The molecule has 0 aliphatic heterocycles. The first-order chi connectivity index (χ1) is 16.2. The Morgan fingerprint density at radius 1 is 0.882 bits per heavy atom. The second-order valence-electron chi connectivity index (χ2n) is 8.10. The normalized spacial score (nSPS) is 13.6. The van der Waals surface area contributed by atoms with E-state index in [0.29, 0.717) is 22.6 Å². The van der Waals surface area contributed by atoms with Gasteiger partial charge < -0.3 is 38.3 Å². The molecule has 0 aliphatic rings. The van der Waals surface area contributed by atoms with Crippen molar-refractivity contribution >= 4 is 34.9 Å². The Bertz CT molecular complexity index is 954. The van der Waals surface area contributed by atoms with E-state index in [9.17, 15) is 4.79 Å². The van der Waals surface area contributed by atoms with Crippen LogP contribution in [0, 0.1) is 13.0 Å². The quantitative estimate of drug-likeness (QED) is 0.161. The molecule has 10 nitrogen and oxygen atoms in total. The van der Waals surface area contributed by atoms with Gasteiger partial charge in [-0.15, -0.1) is 10.2 Å². The summed E-state index contributed by atoms with van der Waals surface area (Å²) in [6.45, 7) is 10.0. The monoisotopic (exact) mass is 466 g/mol. The number of hydrogen-bond acceptors (Lipinski definition) is 5. The van der Waals surface area contributed by atoms with Gasteiger partial charge in [0.2, 0.25) is 11.9 Å². The summed E-state index contributed by atoms with van der Waals surface area (Å²) in [6, 6.07) is 13.9. The van der Waals surface area contributed by atoms with E-state index in [1.165, 1.54) is 0 Å². The van der Waals surface area contributed by atoms with Gasteiger partial charge >= 0.3 is 0 Å². The van der Waals surface area contributed by atoms with Gasteiger partial charge in [-0.05, 0) is 63.9 Å². The molecular formula is C24H36N9O. The van der Waals surface area contributed by atoms with Crippen LogP contribution >= 0.6 is 0 Å². The first-order valence-electron chi connectivity index (χ1n) is 11.4. The Morgan fingerprint density at radius 2 is 1.35 bits per heavy atom. The van der Waals surface area contributed by atoms with Gasteiger partial charge in [0.1, 0.15) is 0 Å². The fraction of sp³-hybridized carbons (Fsp3) is 0.375. The van der Waals surface area contributed by atoms with Gasteiger partial charge in [0.25, 0.3) is 5.91 Å². The minimum absolute atomic E-state index is 0.136. The third kappa shape index (κ3) is 8.19. The van der Waals surface area contributed by atoms with E-state index in [0.717, 1.165) is 18.4 Å². The number of nitrogens with zero attached hydrogens (tertiary/aromatic N) is 2. The Morgan fingerprint density at radius 3 is 1.79 bits per heavy atom. The topological polar surface area (TPSA) is 154 Å². The molecule has 10 heteroatoms. The lowest BCUT2D eigenvalue weighted by atomic mass is 10.1. The molecule has 2 rings (SSSR count). The van der Waals surface area contributed by atoms with Crippen molar-refractivity contribution in [3.8, 4) is 0 Å². The van der Waals surface area contributed by atoms with Crippen molar-refractivity contribution in [2.75, 3.05) is 16.0 Å². The zero-order valence-electron chi connectivity index (χ0n) is 20.5. The molecule has 2 unspecified atom stereocenters. The van der Waals surface area contributed by atoms with Crippen LogP contribution < -0.4 is 38.3 Å². The Labute approximate surface area is 201 Å². The molecule has 0 fully saturated rings. The summed E-state index contributed by atoms with van der Waals surface area (Å²) in [5.41, 5.74) is 21.0. The number of benzene rings is 2. The zero-order chi connectivity index (χ0) is 25.1. The average Bonchev–Trinajstić information content (AvgIpc) is 2.83. The van der Waals surface area contributed by atoms with Crippen LogP contribution in [-0.2, 0) is 0 Å². The molecular weight excluding hydrogens is 430 g/mol. The number of anilines is 3. The molecule has 0 aromatic heterocycles. The predicted octanol–water partition coefficient (Wildman–Crippen LogP) is 3.11. The summed E-state index contributed by atoms with van der Waals surface area (Å²) < 4.78 is 0. The van der Waals surface area contributed by atoms with Crippen molar-refractivity contribution in [2.45, 2.75) is 59.5 Å². The van der Waals surface area contributed by atoms with Gasteiger partial charge in [-0.1, -0.05) is 31.5 Å². The van der Waals surface area contributed by atoms with E-state index in [1.807, 2.05) is 46.8 Å². The van der Waals surface area contributed by atoms with Crippen molar-refractivity contribution in [2.24, 2.45) is 21.7 Å². The fourth-order valence-electron chi connectivity index (χ4n) is 2.59. The van der Waals surface area contributed by atoms with E-state index in [-0.39, 0.29) is 29.9 Å². The van der Waals surface area contributed by atoms with Crippen LogP contribution in [-0.4, -0.2) is 29.9 Å². The first kappa shape index (κ1) is 26.3. The second kappa shape index (κ2) is 12.9. The van der Waals surface area contributed by atoms with E-state index in [2.05, 4.69) is 43.1 Å². The minimum atomic E-state index is -0.293. The number of nitrogens with two attached hydrogens (primary N) is 2. The lowest BCUT2D eigenvalue weighted by molar-refractivity contribution is 0.102. The Kier molecular flexibility index (Phi) is 10.0. The molecule has 0 saturated carbocycles. The maximum absolute atomic E-state index is 13.0. The number of carbonyl (C=O) groups is 1. The van der Waals surface area contributed by atoms with E-state index in [1.54, 1.807) is 24.3 Å². The van der Waals surface area contributed by atoms with Crippen LogP contribution in [0.1, 0.15) is 56.5 Å². The molecule has 0 heterocycles. The fourth-order valence-corrected chi connectivity index (χ4v) is 2.59. The highest BCUT2D eigenvalue weighted by atomic mass is 16.1. The zero-order valence-corrected chi connectivity index (χ0v) is 20.5. The molecule has 1 radical (unpaired) electrons. The van der Waals surface area contributed by atoms with Crippen molar-refractivity contribution in [3.05, 3.63) is 53.6 Å². The van der Waals surface area contributed by atoms with Crippen LogP contribution in [0.4, 0.5) is 17.1 Å². The Balaban J connectivity index is 2.35. The van der Waals surface area contributed by atoms with Gasteiger partial charge in [0, 0.05) is 17.6 Å². The number of hydrogen-bond donors (Lipinski definition) is 7. The Hall–Kier alpha value is -3.95. The van der Waals surface area contributed by atoms with E-state index in [4.69, 9.17) is 11.5 Å². The van der Waals surface area contributed by atoms with Gasteiger partial charge in [0.15, 0.2) is 0 Å². The van der Waals surface area contributed by atoms with Gasteiger partial charge in [-0.3, -0.25) is 4.79 Å². The van der Waals surface area contributed by atoms with E-state index < -0.39 is 0 Å². The van der Waals surface area contributed by atoms with E-state index >= 15 is 0 Å². The standard InChI is InChI=1S/C24H36N9O/c1-6-16(4)30-32-23(25)27-19-9-8-10-20(28-24(26)33-31-17(5)7-2)21(19)29-22(34)18-13-11-15(3)12-14-18/h9-14,16-17,30-31H,6-7H2,1-5H3,(H,29,34)(H3,25,27,32)(H3,26,28,33). The molecule has 2 atom stereocenters. The molecule has 9 N–H and O–H groups in total. The number of hydrazone groups is 2. The summed E-state index contributed by atoms with van der Waals surface area (Å²) in [7, 11) is 0. The second-order valence-corrected chi connectivity index (χ2v) is 8.10. The predicted molar refractivity (Wildman–Crippen MR) is 141 cm³/mol. The van der Waals surface area contributed by atoms with Gasteiger partial charge in [-0.2, -0.15) is 0 Å². The minimum Gasteiger partial charge on any atom is -0.368 e. The number of aryl methyl sites for hydroxylation is 1. The molecule has 2 aromatic carbocycles.